The number of hydrogen-bond donors (Lipinski definition) is 3. The standard InChI is InChI=1S/C24H19F2N3O3/c1-13(15-6-7-17(25)18(26)12-15)28-20(14-8-10-27-11-9-14)16-4-2-3-5-19(16)29-21-22(30)24(32)23(21)31/h2-13,20,28-30H,1H3. The molecule has 0 fully saturated rings. The summed E-state index contributed by atoms with van der Waals surface area (Å²) in [6.45, 7) is 1.82. The zero-order valence-electron chi connectivity index (χ0n) is 17.0. The highest BCUT2D eigenvalue weighted by Gasteiger charge is 2.24. The van der Waals surface area contributed by atoms with E-state index >= 15 is 0 Å². The van der Waals surface area contributed by atoms with Crippen LogP contribution in [-0.2, 0) is 0 Å². The Labute approximate surface area is 181 Å². The molecule has 0 aliphatic rings. The van der Waals surface area contributed by atoms with E-state index in [9.17, 15) is 23.5 Å². The molecule has 3 aromatic carbocycles. The fourth-order valence-electron chi connectivity index (χ4n) is 3.54. The van der Waals surface area contributed by atoms with Crippen LogP contribution in [0.5, 0.6) is 5.75 Å². The van der Waals surface area contributed by atoms with Gasteiger partial charge in [0.2, 0.25) is 0 Å². The van der Waals surface area contributed by atoms with Gasteiger partial charge in [0.1, 0.15) is 5.69 Å². The number of hydrogen-bond acceptors (Lipinski definition) is 6. The fourth-order valence-corrected chi connectivity index (χ4v) is 3.54. The van der Waals surface area contributed by atoms with Crippen molar-refractivity contribution in [1.82, 2.24) is 10.3 Å². The molecule has 4 aromatic rings. The normalized spacial score (nSPS) is 13.1. The Kier molecular flexibility index (Phi) is 5.79. The number of halogens is 2. The van der Waals surface area contributed by atoms with Crippen LogP contribution in [0.3, 0.4) is 0 Å². The third kappa shape index (κ3) is 4.00. The third-order valence-electron chi connectivity index (χ3n) is 5.32. The Hall–Kier alpha value is -3.91. The van der Waals surface area contributed by atoms with Gasteiger partial charge in [0.05, 0.1) is 6.04 Å². The van der Waals surface area contributed by atoms with Gasteiger partial charge < -0.3 is 10.4 Å². The van der Waals surface area contributed by atoms with E-state index in [0.717, 1.165) is 17.7 Å². The number of aromatic nitrogens is 1. The second-order valence-corrected chi connectivity index (χ2v) is 7.37. The molecule has 0 saturated carbocycles. The number of nitrogens with zero attached hydrogens (tertiary/aromatic N) is 1. The van der Waals surface area contributed by atoms with Crippen molar-refractivity contribution in [2.75, 3.05) is 5.32 Å². The largest absolute Gasteiger partial charge is 0.502 e. The summed E-state index contributed by atoms with van der Waals surface area (Å²) < 4.78 is 27.1. The molecule has 6 nitrogen and oxygen atoms in total. The van der Waals surface area contributed by atoms with Gasteiger partial charge in [-0.15, -0.1) is 0 Å². The molecule has 0 spiro atoms. The summed E-state index contributed by atoms with van der Waals surface area (Å²) in [5, 5.41) is 16.0. The first-order valence-electron chi connectivity index (χ1n) is 9.86. The van der Waals surface area contributed by atoms with Crippen LogP contribution < -0.4 is 21.5 Å². The van der Waals surface area contributed by atoms with E-state index in [1.165, 1.54) is 6.07 Å². The summed E-state index contributed by atoms with van der Waals surface area (Å²) in [5.74, 6) is -2.46. The van der Waals surface area contributed by atoms with Crippen LogP contribution >= 0.6 is 0 Å². The number of rotatable bonds is 7. The third-order valence-corrected chi connectivity index (χ3v) is 5.32. The van der Waals surface area contributed by atoms with Gasteiger partial charge in [0.15, 0.2) is 17.4 Å². The Bertz CT molecular complexity index is 1330. The molecule has 0 aliphatic heterocycles. The van der Waals surface area contributed by atoms with Gasteiger partial charge in [0.25, 0.3) is 10.9 Å². The minimum Gasteiger partial charge on any atom is -0.502 e. The minimum absolute atomic E-state index is 0.162. The van der Waals surface area contributed by atoms with Crippen LogP contribution in [0.15, 0.2) is 76.6 Å². The Balaban J connectivity index is 1.73. The lowest BCUT2D eigenvalue weighted by atomic mass is 9.95. The molecule has 1 aromatic heterocycles. The number of pyridine rings is 1. The molecule has 3 N–H and O–H groups in total. The van der Waals surface area contributed by atoms with Crippen LogP contribution in [0, 0.1) is 11.6 Å². The van der Waals surface area contributed by atoms with E-state index < -0.39 is 34.3 Å². The van der Waals surface area contributed by atoms with Gasteiger partial charge in [-0.3, -0.25) is 19.9 Å². The van der Waals surface area contributed by atoms with Crippen LogP contribution in [0.4, 0.5) is 20.2 Å². The molecule has 4 rings (SSSR count). The lowest BCUT2D eigenvalue weighted by Crippen LogP contribution is -2.33. The number of nitrogens with one attached hydrogen (secondary N) is 2. The van der Waals surface area contributed by atoms with Crippen molar-refractivity contribution in [3.63, 3.8) is 0 Å². The van der Waals surface area contributed by atoms with Crippen molar-refractivity contribution >= 4 is 11.4 Å². The second-order valence-electron chi connectivity index (χ2n) is 7.37. The zero-order valence-corrected chi connectivity index (χ0v) is 17.0. The van der Waals surface area contributed by atoms with E-state index in [1.807, 2.05) is 13.0 Å². The molecule has 0 amide bonds. The van der Waals surface area contributed by atoms with E-state index in [2.05, 4.69) is 15.6 Å². The first-order chi connectivity index (χ1) is 15.4. The Morgan fingerprint density at radius 3 is 2.31 bits per heavy atom. The average molecular weight is 435 g/mol. The maximum absolute atomic E-state index is 13.8. The molecule has 162 valence electrons. The quantitative estimate of drug-likeness (QED) is 0.382. The summed E-state index contributed by atoms with van der Waals surface area (Å²) in [6.07, 6.45) is 3.26. The van der Waals surface area contributed by atoms with Crippen LogP contribution in [0.2, 0.25) is 0 Å². The Morgan fingerprint density at radius 2 is 1.62 bits per heavy atom. The highest BCUT2D eigenvalue weighted by molar-refractivity contribution is 5.72. The molecule has 0 saturated heterocycles. The highest BCUT2D eigenvalue weighted by Crippen LogP contribution is 2.33. The molecule has 0 bridgehead atoms. The van der Waals surface area contributed by atoms with Gasteiger partial charge in [-0.25, -0.2) is 8.78 Å². The van der Waals surface area contributed by atoms with Gasteiger partial charge in [-0.1, -0.05) is 24.3 Å². The smallest absolute Gasteiger partial charge is 0.271 e. The first-order valence-corrected chi connectivity index (χ1v) is 9.86. The summed E-state index contributed by atoms with van der Waals surface area (Å²) in [5.41, 5.74) is 0.708. The van der Waals surface area contributed by atoms with Crippen molar-refractivity contribution in [2.45, 2.75) is 19.0 Å². The maximum Gasteiger partial charge on any atom is 0.271 e. The van der Waals surface area contributed by atoms with Gasteiger partial charge >= 0.3 is 0 Å². The molecule has 0 radical (unpaired) electrons. The molecule has 32 heavy (non-hydrogen) atoms. The lowest BCUT2D eigenvalue weighted by Gasteiger charge is -2.27. The first kappa shape index (κ1) is 21.3. The van der Waals surface area contributed by atoms with Gasteiger partial charge in [-0.2, -0.15) is 0 Å². The monoisotopic (exact) mass is 435 g/mol. The number of anilines is 2. The van der Waals surface area contributed by atoms with E-state index in [1.54, 1.807) is 42.7 Å². The van der Waals surface area contributed by atoms with Crippen molar-refractivity contribution in [3.8, 4) is 5.75 Å². The summed E-state index contributed by atoms with van der Waals surface area (Å²) >= 11 is 0. The molecule has 2 unspecified atom stereocenters. The Morgan fingerprint density at radius 1 is 0.906 bits per heavy atom. The van der Waals surface area contributed by atoms with Crippen molar-refractivity contribution in [3.05, 3.63) is 116 Å². The van der Waals surface area contributed by atoms with Crippen molar-refractivity contribution < 1.29 is 13.9 Å². The molecule has 0 aliphatic carbocycles. The van der Waals surface area contributed by atoms with Crippen molar-refractivity contribution in [1.29, 1.82) is 0 Å². The second kappa shape index (κ2) is 8.68. The van der Waals surface area contributed by atoms with Crippen LogP contribution in [0.1, 0.15) is 35.7 Å². The molecular formula is C24H19F2N3O3. The lowest BCUT2D eigenvalue weighted by molar-refractivity contribution is 0.466. The van der Waals surface area contributed by atoms with Crippen molar-refractivity contribution in [2.24, 2.45) is 0 Å². The van der Waals surface area contributed by atoms with E-state index in [0.29, 0.717) is 16.8 Å². The van der Waals surface area contributed by atoms with Crippen LogP contribution in [-0.4, -0.2) is 10.1 Å². The van der Waals surface area contributed by atoms with Gasteiger partial charge in [-0.05, 0) is 53.9 Å². The summed E-state index contributed by atoms with van der Waals surface area (Å²) in [6, 6.07) is 13.6. The average Bonchev–Trinajstić information content (AvgIpc) is 2.82. The maximum atomic E-state index is 13.8. The zero-order chi connectivity index (χ0) is 22.8. The van der Waals surface area contributed by atoms with Gasteiger partial charge in [0, 0.05) is 24.1 Å². The summed E-state index contributed by atoms with van der Waals surface area (Å²) in [7, 11) is 0. The SMILES string of the molecule is CC(NC(c1ccncc1)c1ccccc1Nc1c(O)c(=O)c1=O)c1ccc(F)c(F)c1. The highest BCUT2D eigenvalue weighted by atomic mass is 19.2. The summed E-state index contributed by atoms with van der Waals surface area (Å²) in [4.78, 5) is 27.3. The predicted molar refractivity (Wildman–Crippen MR) is 117 cm³/mol. The number of para-hydroxylation sites is 1. The van der Waals surface area contributed by atoms with E-state index in [4.69, 9.17) is 0 Å². The molecular weight excluding hydrogens is 416 g/mol. The fraction of sp³-hybridized carbons (Fsp3) is 0.125. The van der Waals surface area contributed by atoms with E-state index in [-0.39, 0.29) is 11.7 Å². The minimum atomic E-state index is -0.936. The van der Waals surface area contributed by atoms with Crippen LogP contribution in [0.25, 0.3) is 0 Å². The topological polar surface area (TPSA) is 91.3 Å². The molecule has 1 heterocycles. The molecule has 2 atom stereocenters. The predicted octanol–water partition coefficient (Wildman–Crippen LogP) is 3.85. The number of aromatic hydroxyl groups is 1. The molecule has 8 heteroatoms. The number of benzene rings is 2.